The second-order valence-electron chi connectivity index (χ2n) is 1.84. The van der Waals surface area contributed by atoms with Gasteiger partial charge in [-0.25, -0.2) is 8.42 Å². The number of aromatic nitrogens is 1. The van der Waals surface area contributed by atoms with Crippen LogP contribution in [0.1, 0.15) is 0 Å². The molecule has 0 aliphatic heterocycles. The van der Waals surface area contributed by atoms with Crippen LogP contribution in [0.15, 0.2) is 18.3 Å². The average molecular weight is 171 g/mol. The van der Waals surface area contributed by atoms with Crippen LogP contribution in [-0.2, 0) is 10.7 Å². The molecule has 0 saturated heterocycles. The molecule has 0 fully saturated rings. The van der Waals surface area contributed by atoms with Crippen molar-refractivity contribution in [3.05, 3.63) is 24.5 Å². The lowest BCUT2D eigenvalue weighted by Crippen LogP contribution is -2.01. The Morgan fingerprint density at radius 1 is 1.64 bits per heavy atom. The van der Waals surface area contributed by atoms with Gasteiger partial charge >= 0.3 is 0 Å². The van der Waals surface area contributed by atoms with Crippen molar-refractivity contribution < 1.29 is 8.42 Å². The number of hydrogen-bond donors (Lipinski definition) is 2. The first-order valence-electron chi connectivity index (χ1n) is 2.97. The van der Waals surface area contributed by atoms with E-state index in [4.69, 9.17) is 0 Å². The van der Waals surface area contributed by atoms with Crippen LogP contribution in [0.25, 0.3) is 0 Å². The zero-order valence-corrected chi connectivity index (χ0v) is 6.54. The average Bonchev–Trinajstić information content (AvgIpc) is 2.03. The van der Waals surface area contributed by atoms with Crippen molar-refractivity contribution in [2.75, 3.05) is 11.2 Å². The van der Waals surface area contributed by atoms with Crippen LogP contribution in [0.5, 0.6) is 0 Å². The third-order valence-electron chi connectivity index (χ3n) is 1.04. The summed E-state index contributed by atoms with van der Waals surface area (Å²) in [5.74, 6) is -0.0484. The molecule has 1 heterocycles. The van der Waals surface area contributed by atoms with E-state index in [1.165, 1.54) is 0 Å². The SMILES string of the molecule is O=[SH](=O)CNc1c[c]ncc1. The number of nitrogens with zero attached hydrogens (tertiary/aromatic N) is 1. The van der Waals surface area contributed by atoms with Gasteiger partial charge in [-0.2, -0.15) is 0 Å². The van der Waals surface area contributed by atoms with Gasteiger partial charge in [-0.1, -0.05) is 0 Å². The summed E-state index contributed by atoms with van der Waals surface area (Å²) >= 11 is 0. The summed E-state index contributed by atoms with van der Waals surface area (Å²) in [5, 5.41) is 2.68. The van der Waals surface area contributed by atoms with Crippen molar-refractivity contribution in [3.63, 3.8) is 0 Å². The first-order valence-corrected chi connectivity index (χ1v) is 4.33. The van der Waals surface area contributed by atoms with Crippen LogP contribution in [0.4, 0.5) is 5.69 Å². The zero-order valence-electron chi connectivity index (χ0n) is 5.65. The predicted molar refractivity (Wildman–Crippen MR) is 41.9 cm³/mol. The summed E-state index contributed by atoms with van der Waals surface area (Å²) in [6.07, 6.45) is 4.12. The van der Waals surface area contributed by atoms with Crippen molar-refractivity contribution in [1.29, 1.82) is 0 Å². The standard InChI is InChI=1S/C6H7N2O2S/c9-11(10)5-8-6-1-3-7-4-2-6/h1-3,11H,5H2,(H,7,8). The van der Waals surface area contributed by atoms with E-state index in [9.17, 15) is 8.42 Å². The van der Waals surface area contributed by atoms with Crippen LogP contribution in [0.3, 0.4) is 0 Å². The van der Waals surface area contributed by atoms with Gasteiger partial charge in [0.25, 0.3) is 0 Å². The molecule has 1 aromatic heterocycles. The minimum atomic E-state index is -2.37. The summed E-state index contributed by atoms with van der Waals surface area (Å²) in [6, 6.07) is 3.26. The minimum Gasteiger partial charge on any atom is -0.372 e. The number of hydrogen-bond acceptors (Lipinski definition) is 4. The monoisotopic (exact) mass is 171 g/mol. The van der Waals surface area contributed by atoms with Crippen molar-refractivity contribution in [2.45, 2.75) is 0 Å². The van der Waals surface area contributed by atoms with Gasteiger partial charge in [-0.3, -0.25) is 4.98 Å². The quantitative estimate of drug-likeness (QED) is 0.621. The van der Waals surface area contributed by atoms with E-state index in [1.807, 2.05) is 0 Å². The molecule has 11 heavy (non-hydrogen) atoms. The molecule has 59 valence electrons. The molecule has 1 radical (unpaired) electrons. The topological polar surface area (TPSA) is 59.1 Å². The molecule has 0 atom stereocenters. The number of rotatable bonds is 3. The Labute approximate surface area is 66.2 Å². The smallest absolute Gasteiger partial charge is 0.158 e. The molecule has 0 aliphatic carbocycles. The third-order valence-corrected chi connectivity index (χ3v) is 1.45. The second kappa shape index (κ2) is 3.92. The number of nitrogens with one attached hydrogen (secondary N) is 1. The Balaban J connectivity index is 2.52. The fourth-order valence-electron chi connectivity index (χ4n) is 0.581. The highest BCUT2D eigenvalue weighted by Gasteiger charge is 1.88. The molecule has 0 bridgehead atoms. The molecule has 1 N–H and O–H groups in total. The fraction of sp³-hybridized carbons (Fsp3) is 0.167. The maximum Gasteiger partial charge on any atom is 0.158 e. The molecule has 4 nitrogen and oxygen atoms in total. The summed E-state index contributed by atoms with van der Waals surface area (Å²) in [7, 11) is -2.37. The van der Waals surface area contributed by atoms with Gasteiger partial charge in [0.15, 0.2) is 10.7 Å². The van der Waals surface area contributed by atoms with Gasteiger partial charge in [-0.05, 0) is 12.1 Å². The lowest BCUT2D eigenvalue weighted by Gasteiger charge is -1.98. The highest BCUT2D eigenvalue weighted by Crippen LogP contribution is 2.00. The van der Waals surface area contributed by atoms with E-state index in [2.05, 4.69) is 16.5 Å². The maximum atomic E-state index is 10.1. The Morgan fingerprint density at radius 3 is 3.00 bits per heavy atom. The van der Waals surface area contributed by atoms with Gasteiger partial charge in [0.05, 0.1) is 6.20 Å². The van der Waals surface area contributed by atoms with Crippen molar-refractivity contribution >= 4 is 16.4 Å². The Hall–Kier alpha value is -1.10. The van der Waals surface area contributed by atoms with Gasteiger partial charge < -0.3 is 5.32 Å². The summed E-state index contributed by atoms with van der Waals surface area (Å²) in [6.45, 7) is 0. The lowest BCUT2D eigenvalue weighted by molar-refractivity contribution is 0.616. The van der Waals surface area contributed by atoms with E-state index in [-0.39, 0.29) is 5.88 Å². The van der Waals surface area contributed by atoms with Gasteiger partial charge in [-0.15, -0.1) is 0 Å². The molecule has 0 unspecified atom stereocenters. The van der Waals surface area contributed by atoms with Crippen LogP contribution in [-0.4, -0.2) is 19.3 Å². The third kappa shape index (κ3) is 2.99. The van der Waals surface area contributed by atoms with Gasteiger partial charge in [0.1, 0.15) is 5.88 Å². The minimum absolute atomic E-state index is 0.0484. The molecule has 0 saturated carbocycles. The van der Waals surface area contributed by atoms with Crippen molar-refractivity contribution in [3.8, 4) is 0 Å². The summed E-state index contributed by atoms with van der Waals surface area (Å²) < 4.78 is 20.2. The molecule has 0 amide bonds. The molecule has 1 aromatic rings. The van der Waals surface area contributed by atoms with Crippen LogP contribution < -0.4 is 5.32 Å². The normalized spacial score (nSPS) is 9.91. The molecule has 1 rings (SSSR count). The molecular formula is C6H7N2O2S. The summed E-state index contributed by atoms with van der Waals surface area (Å²) in [4.78, 5) is 3.66. The molecular weight excluding hydrogens is 164 g/mol. The molecule has 0 spiro atoms. The largest absolute Gasteiger partial charge is 0.372 e. The van der Waals surface area contributed by atoms with Gasteiger partial charge in [0.2, 0.25) is 0 Å². The highest BCUT2D eigenvalue weighted by atomic mass is 32.2. The van der Waals surface area contributed by atoms with E-state index >= 15 is 0 Å². The number of thiol groups is 1. The number of pyridine rings is 1. The van der Waals surface area contributed by atoms with Crippen molar-refractivity contribution in [2.24, 2.45) is 0 Å². The van der Waals surface area contributed by atoms with Crippen LogP contribution >= 0.6 is 0 Å². The fourth-order valence-corrected chi connectivity index (χ4v) is 0.893. The highest BCUT2D eigenvalue weighted by molar-refractivity contribution is 7.72. The van der Waals surface area contributed by atoms with E-state index in [1.54, 1.807) is 18.3 Å². The second-order valence-corrected chi connectivity index (χ2v) is 2.82. The van der Waals surface area contributed by atoms with Crippen molar-refractivity contribution in [1.82, 2.24) is 4.98 Å². The molecule has 0 aliphatic rings. The van der Waals surface area contributed by atoms with E-state index < -0.39 is 10.7 Å². The molecule has 0 aromatic carbocycles. The first kappa shape index (κ1) is 8.00. The van der Waals surface area contributed by atoms with E-state index in [0.717, 1.165) is 0 Å². The lowest BCUT2D eigenvalue weighted by atomic mass is 10.4. The zero-order chi connectivity index (χ0) is 8.10. The van der Waals surface area contributed by atoms with Crippen LogP contribution in [0.2, 0.25) is 0 Å². The first-order chi connectivity index (χ1) is 5.29. The predicted octanol–water partition coefficient (Wildman–Crippen LogP) is -0.137. The maximum absolute atomic E-state index is 10.1. The van der Waals surface area contributed by atoms with Crippen LogP contribution in [0, 0.1) is 6.20 Å². The van der Waals surface area contributed by atoms with E-state index in [0.29, 0.717) is 5.69 Å². The molecule has 5 heteroatoms. The number of anilines is 1. The summed E-state index contributed by atoms with van der Waals surface area (Å²) in [5.41, 5.74) is 0.708. The Morgan fingerprint density at radius 2 is 2.45 bits per heavy atom. The van der Waals surface area contributed by atoms with Gasteiger partial charge in [0, 0.05) is 11.9 Å². The Bertz CT molecular complexity index is 276. The Kier molecular flexibility index (Phi) is 2.85.